The topological polar surface area (TPSA) is 87.5 Å². The van der Waals surface area contributed by atoms with Gasteiger partial charge in [-0.15, -0.1) is 0 Å². The fraction of sp³-hybridized carbons (Fsp3) is 0.947. The van der Waals surface area contributed by atoms with Gasteiger partial charge in [-0.25, -0.2) is 4.79 Å². The molecule has 0 aromatic heterocycles. The first-order chi connectivity index (χ1) is 12.3. The second kappa shape index (κ2) is 9.30. The van der Waals surface area contributed by atoms with Crippen LogP contribution >= 0.6 is 0 Å². The maximum Gasteiger partial charge on any atom is 0.410 e. The van der Waals surface area contributed by atoms with Crippen molar-refractivity contribution in [3.63, 3.8) is 0 Å². The number of azide groups is 1. The van der Waals surface area contributed by atoms with E-state index in [0.29, 0.717) is 13.1 Å². The zero-order chi connectivity index (χ0) is 20.9. The molecule has 0 bridgehead atoms. The number of nitrogens with zero attached hydrogens (tertiary/aromatic N) is 4. The highest BCUT2D eigenvalue weighted by Gasteiger charge is 2.44. The zero-order valence-electron chi connectivity index (χ0n) is 18.4. The molecule has 1 amide bonds. The van der Waals surface area contributed by atoms with E-state index in [0.717, 1.165) is 25.7 Å². The smallest absolute Gasteiger partial charge is 0.410 e. The third kappa shape index (κ3) is 7.35. The Balaban J connectivity index is 3.00. The van der Waals surface area contributed by atoms with E-state index in [1.165, 1.54) is 0 Å². The standard InChI is InChI=1S/C19H38N4O3Si/c1-18(2,3)25-17(24)23-14-10-12-16(15(23)11-9-13-21-22-20)26-27(7,8)19(4,5)6/h15-16H,9-14H2,1-8H3/t15-,16?/m1/s1. The SMILES string of the molecule is CC(C)(C)OC(=O)N1CCCC(O[Si](C)(C)C(C)(C)C)[C@H]1CCCN=[N+]=[N-]. The highest BCUT2D eigenvalue weighted by atomic mass is 28.4. The molecule has 0 saturated carbocycles. The van der Waals surface area contributed by atoms with Crippen LogP contribution in [0.1, 0.15) is 67.2 Å². The fourth-order valence-corrected chi connectivity index (χ4v) is 4.40. The third-order valence-corrected chi connectivity index (χ3v) is 9.92. The molecule has 8 heteroatoms. The van der Waals surface area contributed by atoms with E-state index in [-0.39, 0.29) is 23.3 Å². The van der Waals surface area contributed by atoms with Crippen molar-refractivity contribution in [2.45, 2.75) is 103 Å². The van der Waals surface area contributed by atoms with Crippen LogP contribution in [0.25, 0.3) is 10.4 Å². The predicted octanol–water partition coefficient (Wildman–Crippen LogP) is 5.87. The Morgan fingerprint density at radius 1 is 1.26 bits per heavy atom. The van der Waals surface area contributed by atoms with Crippen molar-refractivity contribution in [1.82, 2.24) is 4.90 Å². The quantitative estimate of drug-likeness (QED) is 0.184. The molecule has 7 nitrogen and oxygen atoms in total. The molecule has 1 fully saturated rings. The van der Waals surface area contributed by atoms with E-state index in [1.807, 2.05) is 25.7 Å². The Kier molecular flexibility index (Phi) is 8.20. The number of ether oxygens (including phenoxy) is 1. The summed E-state index contributed by atoms with van der Waals surface area (Å²) in [6.45, 7) is 17.9. The molecular formula is C19H38N4O3Si. The second-order valence-electron chi connectivity index (χ2n) is 9.90. The molecule has 156 valence electrons. The van der Waals surface area contributed by atoms with Crippen LogP contribution in [0.4, 0.5) is 4.79 Å². The molecule has 2 atom stereocenters. The van der Waals surface area contributed by atoms with Gasteiger partial charge in [-0.05, 0) is 70.1 Å². The summed E-state index contributed by atoms with van der Waals surface area (Å²) in [5.41, 5.74) is 7.99. The summed E-state index contributed by atoms with van der Waals surface area (Å²) in [5.74, 6) is 0. The van der Waals surface area contributed by atoms with Gasteiger partial charge in [0, 0.05) is 18.0 Å². The van der Waals surface area contributed by atoms with Crippen molar-refractivity contribution >= 4 is 14.4 Å². The van der Waals surface area contributed by atoms with Crippen LogP contribution in [0.2, 0.25) is 18.1 Å². The van der Waals surface area contributed by atoms with Crippen molar-refractivity contribution in [3.8, 4) is 0 Å². The van der Waals surface area contributed by atoms with Crippen LogP contribution in [-0.2, 0) is 9.16 Å². The summed E-state index contributed by atoms with van der Waals surface area (Å²) in [4.78, 5) is 17.5. The molecule has 1 rings (SSSR count). The Bertz CT molecular complexity index is 548. The number of likely N-dealkylation sites (tertiary alicyclic amines) is 1. The number of rotatable bonds is 6. The van der Waals surface area contributed by atoms with Crippen LogP contribution in [-0.4, -0.2) is 50.1 Å². The van der Waals surface area contributed by atoms with Crippen molar-refractivity contribution < 1.29 is 14.0 Å². The molecule has 1 aliphatic heterocycles. The number of carbonyl (C=O) groups is 1. The minimum absolute atomic E-state index is 0.00164. The van der Waals surface area contributed by atoms with Crippen molar-refractivity contribution in [3.05, 3.63) is 10.4 Å². The first kappa shape index (κ1) is 23.8. The summed E-state index contributed by atoms with van der Waals surface area (Å²) in [6, 6.07) is -0.0448. The average Bonchev–Trinajstić information content (AvgIpc) is 2.49. The van der Waals surface area contributed by atoms with Gasteiger partial charge in [0.15, 0.2) is 8.32 Å². The van der Waals surface area contributed by atoms with Crippen molar-refractivity contribution in [2.75, 3.05) is 13.1 Å². The molecule has 1 unspecified atom stereocenters. The molecule has 0 aromatic rings. The van der Waals surface area contributed by atoms with Gasteiger partial charge in [0.2, 0.25) is 0 Å². The van der Waals surface area contributed by atoms with Gasteiger partial charge in [-0.3, -0.25) is 0 Å². The van der Waals surface area contributed by atoms with Crippen LogP contribution in [0.3, 0.4) is 0 Å². The largest absolute Gasteiger partial charge is 0.444 e. The minimum atomic E-state index is -1.96. The van der Waals surface area contributed by atoms with Crippen LogP contribution in [0.15, 0.2) is 5.11 Å². The summed E-state index contributed by atoms with van der Waals surface area (Å²) < 4.78 is 12.4. The zero-order valence-corrected chi connectivity index (χ0v) is 19.4. The van der Waals surface area contributed by atoms with E-state index in [4.69, 9.17) is 14.7 Å². The van der Waals surface area contributed by atoms with Crippen LogP contribution in [0, 0.1) is 0 Å². The number of carbonyl (C=O) groups excluding carboxylic acids is 1. The Labute approximate surface area is 165 Å². The molecule has 0 aromatic carbocycles. The van der Waals surface area contributed by atoms with Crippen molar-refractivity contribution in [1.29, 1.82) is 0 Å². The van der Waals surface area contributed by atoms with Gasteiger partial charge >= 0.3 is 6.09 Å². The van der Waals surface area contributed by atoms with Crippen LogP contribution < -0.4 is 0 Å². The maximum absolute atomic E-state index is 12.8. The normalized spacial score (nSPS) is 21.6. The fourth-order valence-electron chi connectivity index (χ4n) is 3.02. The second-order valence-corrected chi connectivity index (χ2v) is 14.7. The lowest BCUT2D eigenvalue weighted by Crippen LogP contribution is -2.56. The van der Waals surface area contributed by atoms with Gasteiger partial charge in [-0.2, -0.15) is 0 Å². The van der Waals surface area contributed by atoms with E-state index in [2.05, 4.69) is 43.9 Å². The molecule has 1 saturated heterocycles. The predicted molar refractivity (Wildman–Crippen MR) is 111 cm³/mol. The third-order valence-electron chi connectivity index (χ3n) is 5.42. The highest BCUT2D eigenvalue weighted by Crippen LogP contribution is 2.39. The van der Waals surface area contributed by atoms with Crippen LogP contribution in [0.5, 0.6) is 0 Å². The van der Waals surface area contributed by atoms with Gasteiger partial charge in [-0.1, -0.05) is 25.9 Å². The average molecular weight is 399 g/mol. The summed E-state index contributed by atoms with van der Waals surface area (Å²) in [6.07, 6.45) is 3.05. The Morgan fingerprint density at radius 3 is 2.41 bits per heavy atom. The lowest BCUT2D eigenvalue weighted by molar-refractivity contribution is -0.0216. The van der Waals surface area contributed by atoms with E-state index in [1.54, 1.807) is 0 Å². The number of amides is 1. The monoisotopic (exact) mass is 398 g/mol. The summed E-state index contributed by atoms with van der Waals surface area (Å²) >= 11 is 0. The molecule has 27 heavy (non-hydrogen) atoms. The lowest BCUT2D eigenvalue weighted by atomic mass is 9.95. The Morgan fingerprint density at radius 2 is 1.89 bits per heavy atom. The Hall–Kier alpha value is -1.24. The molecule has 0 N–H and O–H groups in total. The molecule has 0 aliphatic carbocycles. The first-order valence-corrected chi connectivity index (χ1v) is 12.9. The minimum Gasteiger partial charge on any atom is -0.444 e. The van der Waals surface area contributed by atoms with Gasteiger partial charge in [0.25, 0.3) is 0 Å². The summed E-state index contributed by atoms with van der Waals surface area (Å²) in [5, 5.41) is 3.75. The van der Waals surface area contributed by atoms with Crippen molar-refractivity contribution in [2.24, 2.45) is 5.11 Å². The summed E-state index contributed by atoms with van der Waals surface area (Å²) in [7, 11) is -1.96. The molecule has 1 aliphatic rings. The van der Waals surface area contributed by atoms with E-state index in [9.17, 15) is 4.79 Å². The molecule has 1 heterocycles. The van der Waals surface area contributed by atoms with Gasteiger partial charge < -0.3 is 14.1 Å². The lowest BCUT2D eigenvalue weighted by Gasteiger charge is -2.47. The van der Waals surface area contributed by atoms with Gasteiger partial charge in [0.1, 0.15) is 5.60 Å². The van der Waals surface area contributed by atoms with Gasteiger partial charge in [0.05, 0.1) is 12.1 Å². The first-order valence-electron chi connectivity index (χ1n) is 9.97. The van der Waals surface area contributed by atoms with E-state index >= 15 is 0 Å². The number of hydrogen-bond donors (Lipinski definition) is 0. The molecule has 0 spiro atoms. The maximum atomic E-state index is 12.8. The van der Waals surface area contributed by atoms with E-state index < -0.39 is 13.9 Å². The highest BCUT2D eigenvalue weighted by molar-refractivity contribution is 6.74. The molecular weight excluding hydrogens is 360 g/mol. The molecule has 0 radical (unpaired) electrons. The number of hydrogen-bond acceptors (Lipinski definition) is 4. The number of piperidine rings is 1.